The molecule has 13 heteroatoms. The standard InChI is InChI=1S/C27H31F3N4O6/c1-39-22-7-3-6-18-17(22)11-20(32-18)26(38)34-12-15-4-2-5-16(15)23(34)25(37)33-19(10-14-8-9-31-24(14)36)21(35)13-40-27(28,29)30/h3,6-7,11,14-16,19,23,32H,2,4-5,8-10,12-13H2,1H3,(H,31,36)(H,33,37)/t14?,15?,16?,19?,23-/m0/s1. The van der Waals surface area contributed by atoms with Crippen LogP contribution in [0.15, 0.2) is 24.3 Å². The van der Waals surface area contributed by atoms with E-state index in [1.807, 2.05) is 0 Å². The van der Waals surface area contributed by atoms with Crippen molar-refractivity contribution in [2.75, 3.05) is 26.8 Å². The number of aromatic nitrogens is 1. The van der Waals surface area contributed by atoms with Crippen LogP contribution in [0.25, 0.3) is 10.9 Å². The van der Waals surface area contributed by atoms with E-state index < -0.39 is 48.6 Å². The lowest BCUT2D eigenvalue weighted by Crippen LogP contribution is -2.54. The first-order chi connectivity index (χ1) is 19.1. The molecule has 0 bridgehead atoms. The Labute approximate surface area is 227 Å². The molecule has 1 aromatic carbocycles. The molecule has 1 aromatic heterocycles. The van der Waals surface area contributed by atoms with Crippen LogP contribution in [0.1, 0.15) is 42.6 Å². The average molecular weight is 565 g/mol. The van der Waals surface area contributed by atoms with Gasteiger partial charge in [-0.15, -0.1) is 13.2 Å². The molecule has 3 N–H and O–H groups in total. The van der Waals surface area contributed by atoms with Crippen molar-refractivity contribution < 1.29 is 41.8 Å². The maximum atomic E-state index is 13.7. The molecule has 2 aromatic rings. The first kappa shape index (κ1) is 27.9. The van der Waals surface area contributed by atoms with Crippen molar-refractivity contribution in [1.82, 2.24) is 20.5 Å². The fourth-order valence-corrected chi connectivity index (χ4v) is 6.36. The molecular weight excluding hydrogens is 533 g/mol. The van der Waals surface area contributed by atoms with E-state index in [-0.39, 0.29) is 29.9 Å². The van der Waals surface area contributed by atoms with Crippen LogP contribution in [-0.2, 0) is 19.1 Å². The van der Waals surface area contributed by atoms with Crippen LogP contribution in [0.3, 0.4) is 0 Å². The van der Waals surface area contributed by atoms with Gasteiger partial charge < -0.3 is 25.3 Å². The Balaban J connectivity index is 1.38. The van der Waals surface area contributed by atoms with Crippen LogP contribution in [-0.4, -0.2) is 78.6 Å². The van der Waals surface area contributed by atoms with Gasteiger partial charge in [0.25, 0.3) is 5.91 Å². The number of alkyl halides is 3. The van der Waals surface area contributed by atoms with Gasteiger partial charge in [0, 0.05) is 29.9 Å². The van der Waals surface area contributed by atoms with E-state index in [0.717, 1.165) is 12.8 Å². The molecule has 0 radical (unpaired) electrons. The molecule has 1 saturated carbocycles. The van der Waals surface area contributed by atoms with Crippen molar-refractivity contribution in [3.63, 3.8) is 0 Å². The van der Waals surface area contributed by atoms with Crippen molar-refractivity contribution in [2.45, 2.75) is 50.6 Å². The van der Waals surface area contributed by atoms with Crippen molar-refractivity contribution in [2.24, 2.45) is 17.8 Å². The summed E-state index contributed by atoms with van der Waals surface area (Å²) in [6, 6.07) is 4.73. The normalized spacial score (nSPS) is 25.1. The summed E-state index contributed by atoms with van der Waals surface area (Å²) in [5, 5.41) is 5.93. The van der Waals surface area contributed by atoms with Crippen LogP contribution in [0, 0.1) is 17.8 Å². The average Bonchev–Trinajstić information content (AvgIpc) is 3.69. The smallest absolute Gasteiger partial charge is 0.496 e. The van der Waals surface area contributed by atoms with E-state index in [0.29, 0.717) is 42.6 Å². The highest BCUT2D eigenvalue weighted by atomic mass is 19.4. The number of methoxy groups -OCH3 is 1. The summed E-state index contributed by atoms with van der Waals surface area (Å²) in [4.78, 5) is 57.0. The fraction of sp³-hybridized carbons (Fsp3) is 0.556. The molecule has 5 atom stereocenters. The maximum Gasteiger partial charge on any atom is 0.522 e. The monoisotopic (exact) mass is 564 g/mol. The Kier molecular flexibility index (Phi) is 7.76. The Hall–Kier alpha value is -3.61. The predicted molar refractivity (Wildman–Crippen MR) is 135 cm³/mol. The number of ketones is 1. The third-order valence-corrected chi connectivity index (χ3v) is 8.26. The fourth-order valence-electron chi connectivity index (χ4n) is 6.36. The predicted octanol–water partition coefficient (Wildman–Crippen LogP) is 2.53. The molecule has 3 fully saturated rings. The number of hydrogen-bond donors (Lipinski definition) is 3. The van der Waals surface area contributed by atoms with Gasteiger partial charge in [-0.3, -0.25) is 23.9 Å². The summed E-state index contributed by atoms with van der Waals surface area (Å²) in [5.41, 5.74) is 0.958. The van der Waals surface area contributed by atoms with E-state index in [2.05, 4.69) is 20.4 Å². The molecule has 0 spiro atoms. The number of halogens is 3. The number of carbonyl (C=O) groups excluding carboxylic acids is 4. The van der Waals surface area contributed by atoms with Crippen LogP contribution >= 0.6 is 0 Å². The Morgan fingerprint density at radius 2 is 2.00 bits per heavy atom. The first-order valence-corrected chi connectivity index (χ1v) is 13.3. The van der Waals surface area contributed by atoms with Gasteiger partial charge in [-0.2, -0.15) is 0 Å². The Bertz CT molecular complexity index is 1310. The molecule has 3 amide bonds. The number of H-pyrrole nitrogens is 1. The summed E-state index contributed by atoms with van der Waals surface area (Å²) >= 11 is 0. The van der Waals surface area contributed by atoms with Crippen molar-refractivity contribution in [3.8, 4) is 5.75 Å². The Morgan fingerprint density at radius 3 is 2.70 bits per heavy atom. The van der Waals surface area contributed by atoms with Crippen LogP contribution in [0.4, 0.5) is 13.2 Å². The number of fused-ring (bicyclic) bond motifs is 2. The highest BCUT2D eigenvalue weighted by molar-refractivity contribution is 6.02. The second-order valence-electron chi connectivity index (χ2n) is 10.6. The summed E-state index contributed by atoms with van der Waals surface area (Å²) in [7, 11) is 1.53. The highest BCUT2D eigenvalue weighted by Gasteiger charge is 2.50. The number of likely N-dealkylation sites (tertiary alicyclic amines) is 1. The number of aromatic amines is 1. The maximum absolute atomic E-state index is 13.7. The second kappa shape index (κ2) is 11.1. The number of amides is 3. The highest BCUT2D eigenvalue weighted by Crippen LogP contribution is 2.43. The summed E-state index contributed by atoms with van der Waals surface area (Å²) < 4.78 is 47.0. The number of nitrogens with one attached hydrogen (secondary N) is 3. The molecule has 2 saturated heterocycles. The lowest BCUT2D eigenvalue weighted by molar-refractivity contribution is -0.321. The van der Waals surface area contributed by atoms with E-state index in [1.165, 1.54) is 12.0 Å². The van der Waals surface area contributed by atoms with Gasteiger partial charge in [-0.05, 0) is 55.7 Å². The molecule has 5 rings (SSSR count). The van der Waals surface area contributed by atoms with Crippen LogP contribution in [0.5, 0.6) is 5.75 Å². The van der Waals surface area contributed by atoms with Crippen molar-refractivity contribution in [3.05, 3.63) is 30.0 Å². The third kappa shape index (κ3) is 5.65. The summed E-state index contributed by atoms with van der Waals surface area (Å²) in [5.74, 6) is -2.47. The lowest BCUT2D eigenvalue weighted by Gasteiger charge is -2.29. The minimum Gasteiger partial charge on any atom is -0.496 e. The molecule has 40 heavy (non-hydrogen) atoms. The second-order valence-corrected chi connectivity index (χ2v) is 10.6. The van der Waals surface area contributed by atoms with Gasteiger partial charge in [0.1, 0.15) is 24.1 Å². The quantitative estimate of drug-likeness (QED) is 0.429. The molecule has 2 aliphatic heterocycles. The minimum atomic E-state index is -5.02. The van der Waals surface area contributed by atoms with Gasteiger partial charge >= 0.3 is 6.36 Å². The zero-order chi connectivity index (χ0) is 28.6. The molecule has 10 nitrogen and oxygen atoms in total. The van der Waals surface area contributed by atoms with E-state index in [9.17, 15) is 32.3 Å². The SMILES string of the molecule is COc1cccc2[nH]c(C(=O)N3CC4CCCC4[C@H]3C(=O)NC(CC3CCNC3=O)C(=O)COC(F)(F)F)cc12. The molecule has 4 unspecified atom stereocenters. The number of Topliss-reactive ketones (excluding diaryl/α,β-unsaturated/α-hetero) is 1. The number of carbonyl (C=O) groups is 4. The van der Waals surface area contributed by atoms with Gasteiger partial charge in [0.2, 0.25) is 11.8 Å². The van der Waals surface area contributed by atoms with Crippen molar-refractivity contribution >= 4 is 34.4 Å². The molecule has 1 aliphatic carbocycles. The van der Waals surface area contributed by atoms with Gasteiger partial charge in [0.05, 0.1) is 13.2 Å². The van der Waals surface area contributed by atoms with Crippen molar-refractivity contribution in [1.29, 1.82) is 0 Å². The van der Waals surface area contributed by atoms with E-state index in [4.69, 9.17) is 4.74 Å². The molecular formula is C27H31F3N4O6. The topological polar surface area (TPSA) is 130 Å². The molecule has 216 valence electrons. The van der Waals surface area contributed by atoms with Gasteiger partial charge in [0.15, 0.2) is 5.78 Å². The number of hydrogen-bond acceptors (Lipinski definition) is 6. The number of nitrogens with zero attached hydrogens (tertiary/aromatic N) is 1. The third-order valence-electron chi connectivity index (χ3n) is 8.26. The lowest BCUT2D eigenvalue weighted by atomic mass is 9.92. The van der Waals surface area contributed by atoms with Crippen LogP contribution in [0.2, 0.25) is 0 Å². The minimum absolute atomic E-state index is 0.0851. The molecule has 3 heterocycles. The van der Waals surface area contributed by atoms with E-state index >= 15 is 0 Å². The number of ether oxygens (including phenoxy) is 2. The summed E-state index contributed by atoms with van der Waals surface area (Å²) in [6.45, 7) is -0.574. The van der Waals surface area contributed by atoms with Gasteiger partial charge in [-0.1, -0.05) is 12.5 Å². The largest absolute Gasteiger partial charge is 0.522 e. The number of benzene rings is 1. The zero-order valence-corrected chi connectivity index (χ0v) is 21.9. The first-order valence-electron chi connectivity index (χ1n) is 13.3. The number of rotatable bonds is 9. The Morgan fingerprint density at radius 1 is 1.20 bits per heavy atom. The van der Waals surface area contributed by atoms with Gasteiger partial charge in [-0.25, -0.2) is 0 Å². The zero-order valence-electron chi connectivity index (χ0n) is 21.9. The van der Waals surface area contributed by atoms with Crippen LogP contribution < -0.4 is 15.4 Å². The summed E-state index contributed by atoms with van der Waals surface area (Å²) in [6.07, 6.45) is -2.37. The molecule has 3 aliphatic rings. The van der Waals surface area contributed by atoms with E-state index in [1.54, 1.807) is 24.3 Å².